The number of benzene rings is 1. The standard InChI is InChI=1S/C7H4I2O3.3Al.3H2O/c8-3-1-4(7(11)12)6(10)5(9)2-3;;;;;;/h1-2,10H,(H,11,12);;;;3*1H2. The molecule has 0 aromatic heterocycles. The Morgan fingerprint density at radius 2 is 1.39 bits per heavy atom. The minimum Gasteiger partial charge on any atom is -0.506 e. The predicted octanol–water partition coefficient (Wildman–Crippen LogP) is -1.32. The number of carboxylic acids is 1. The molecular weight excluding hydrogens is 515 g/mol. The Morgan fingerprint density at radius 3 is 1.72 bits per heavy atom. The van der Waals surface area contributed by atoms with Crippen LogP contribution in [0.1, 0.15) is 10.4 Å². The summed E-state index contributed by atoms with van der Waals surface area (Å²) in [7, 11) is 0. The second kappa shape index (κ2) is 16.5. The van der Waals surface area contributed by atoms with Gasteiger partial charge in [-0.15, -0.1) is 0 Å². The smallest absolute Gasteiger partial charge is 0.339 e. The van der Waals surface area contributed by atoms with Gasteiger partial charge in [0.15, 0.2) is 0 Å². The van der Waals surface area contributed by atoms with E-state index in [1.165, 1.54) is 6.07 Å². The third kappa shape index (κ3) is 10.2. The summed E-state index contributed by atoms with van der Waals surface area (Å²) < 4.78 is 1.35. The van der Waals surface area contributed by atoms with E-state index in [9.17, 15) is 9.90 Å². The zero-order valence-electron chi connectivity index (χ0n) is 8.95. The molecule has 0 aliphatic carbocycles. The van der Waals surface area contributed by atoms with E-state index in [1.54, 1.807) is 6.07 Å². The van der Waals surface area contributed by atoms with Gasteiger partial charge in [0.25, 0.3) is 0 Å². The average Bonchev–Trinajstić information content (AvgIpc) is 1.96. The van der Waals surface area contributed by atoms with Gasteiger partial charge in [0.1, 0.15) is 11.3 Å². The minimum absolute atomic E-state index is 0. The van der Waals surface area contributed by atoms with E-state index in [4.69, 9.17) is 5.11 Å². The maximum absolute atomic E-state index is 10.6. The fourth-order valence-electron chi connectivity index (χ4n) is 0.729. The van der Waals surface area contributed by atoms with Crippen molar-refractivity contribution in [3.8, 4) is 5.75 Å². The third-order valence-corrected chi connectivity index (χ3v) is 2.70. The van der Waals surface area contributed by atoms with Gasteiger partial charge in [0.05, 0.1) is 3.57 Å². The topological polar surface area (TPSA) is 152 Å². The minimum atomic E-state index is -1.11. The number of carbonyl (C=O) groups is 1. The summed E-state index contributed by atoms with van der Waals surface area (Å²) in [5, 5.41) is 17.9. The van der Waals surface area contributed by atoms with Crippen LogP contribution in [0.3, 0.4) is 0 Å². The highest BCUT2D eigenvalue weighted by Gasteiger charge is 2.12. The van der Waals surface area contributed by atoms with Crippen LogP contribution < -0.4 is 0 Å². The van der Waals surface area contributed by atoms with Gasteiger partial charge in [-0.25, -0.2) is 4.79 Å². The van der Waals surface area contributed by atoms with Gasteiger partial charge in [-0.1, -0.05) is 0 Å². The van der Waals surface area contributed by atoms with E-state index in [0.29, 0.717) is 3.57 Å². The summed E-state index contributed by atoms with van der Waals surface area (Å²) >= 11 is 3.89. The maximum atomic E-state index is 10.6. The molecule has 97 valence electrons. The highest BCUT2D eigenvalue weighted by molar-refractivity contribution is 14.1. The van der Waals surface area contributed by atoms with Crippen molar-refractivity contribution in [2.75, 3.05) is 0 Å². The van der Waals surface area contributed by atoms with Gasteiger partial charge < -0.3 is 26.6 Å². The van der Waals surface area contributed by atoms with Crippen LogP contribution in [0.5, 0.6) is 5.75 Å². The molecule has 0 amide bonds. The van der Waals surface area contributed by atoms with Crippen molar-refractivity contribution in [1.82, 2.24) is 0 Å². The van der Waals surface area contributed by atoms with Crippen molar-refractivity contribution in [1.29, 1.82) is 0 Å². The Bertz CT molecular complexity index is 352. The fourth-order valence-corrected chi connectivity index (χ4v) is 2.57. The average molecular weight is 525 g/mol. The van der Waals surface area contributed by atoms with Crippen LogP contribution in [0.15, 0.2) is 12.1 Å². The molecule has 0 unspecified atom stereocenters. The lowest BCUT2D eigenvalue weighted by atomic mass is 10.2. The molecule has 9 radical (unpaired) electrons. The van der Waals surface area contributed by atoms with Gasteiger partial charge in [0.2, 0.25) is 0 Å². The van der Waals surface area contributed by atoms with Crippen LogP contribution in [-0.4, -0.2) is 84.7 Å². The molecule has 11 heteroatoms. The Hall–Kier alpha value is 1.43. The summed E-state index contributed by atoms with van der Waals surface area (Å²) in [5.41, 5.74) is -0.0497. The highest BCUT2D eigenvalue weighted by Crippen LogP contribution is 2.26. The van der Waals surface area contributed by atoms with Crippen LogP contribution in [-0.2, 0) is 0 Å². The SMILES string of the molecule is O.O.O.O=C(O)c1cc(I)cc(I)c1O.[Al].[Al].[Al]. The molecule has 1 rings (SSSR count). The molecule has 0 atom stereocenters. The van der Waals surface area contributed by atoms with Crippen LogP contribution in [0, 0.1) is 7.14 Å². The summed E-state index contributed by atoms with van der Waals surface area (Å²) in [6.07, 6.45) is 0. The second-order valence-electron chi connectivity index (χ2n) is 2.09. The van der Waals surface area contributed by atoms with Gasteiger partial charge in [-0.05, 0) is 57.3 Å². The molecule has 0 bridgehead atoms. The molecule has 0 spiro atoms. The zero-order valence-corrected chi connectivity index (χ0v) is 16.7. The molecule has 8 N–H and O–H groups in total. The molecule has 0 saturated carbocycles. The van der Waals surface area contributed by atoms with Crippen molar-refractivity contribution in [2.45, 2.75) is 0 Å². The van der Waals surface area contributed by atoms with E-state index >= 15 is 0 Å². The van der Waals surface area contributed by atoms with E-state index < -0.39 is 5.97 Å². The number of hydrogen-bond donors (Lipinski definition) is 2. The Balaban J connectivity index is -0.0000000600. The molecule has 0 aliphatic heterocycles. The summed E-state index contributed by atoms with van der Waals surface area (Å²) in [5.74, 6) is -1.27. The third-order valence-electron chi connectivity index (χ3n) is 1.26. The Labute approximate surface area is 163 Å². The number of hydrogen-bond acceptors (Lipinski definition) is 2. The van der Waals surface area contributed by atoms with Gasteiger partial charge in [0, 0.05) is 55.7 Å². The van der Waals surface area contributed by atoms with E-state index in [-0.39, 0.29) is 79.8 Å². The molecule has 1 aromatic carbocycles. The molecule has 0 fully saturated rings. The van der Waals surface area contributed by atoms with E-state index in [2.05, 4.69) is 0 Å². The van der Waals surface area contributed by atoms with Crippen LogP contribution in [0.4, 0.5) is 0 Å². The summed E-state index contributed by atoms with van der Waals surface area (Å²) in [6, 6.07) is 3.14. The van der Waals surface area contributed by atoms with Crippen LogP contribution >= 0.6 is 45.2 Å². The van der Waals surface area contributed by atoms with Gasteiger partial charge >= 0.3 is 5.97 Å². The fraction of sp³-hybridized carbons (Fsp3) is 0. The van der Waals surface area contributed by atoms with E-state index in [1.807, 2.05) is 45.2 Å². The summed E-state index contributed by atoms with van der Waals surface area (Å²) in [4.78, 5) is 10.6. The molecule has 0 saturated heterocycles. The van der Waals surface area contributed by atoms with Crippen molar-refractivity contribution in [2.24, 2.45) is 0 Å². The van der Waals surface area contributed by atoms with Crippen molar-refractivity contribution >= 4 is 103 Å². The van der Waals surface area contributed by atoms with Crippen LogP contribution in [0.25, 0.3) is 0 Å². The normalized spacial score (nSPS) is 6.56. The first kappa shape index (κ1) is 36.6. The van der Waals surface area contributed by atoms with Gasteiger partial charge in [-0.3, -0.25) is 0 Å². The predicted molar refractivity (Wildman–Crippen MR) is 88.6 cm³/mol. The van der Waals surface area contributed by atoms with Crippen molar-refractivity contribution in [3.63, 3.8) is 0 Å². The molecule has 1 aromatic rings. The lowest BCUT2D eigenvalue weighted by Gasteiger charge is -2.02. The first-order chi connectivity index (χ1) is 5.52. The first-order valence-electron chi connectivity index (χ1n) is 2.93. The number of aromatic hydroxyl groups is 1. The quantitative estimate of drug-likeness (QED) is 0.346. The molecule has 0 heterocycles. The Kier molecular flexibility index (Phi) is 33.5. The maximum Gasteiger partial charge on any atom is 0.339 e. The van der Waals surface area contributed by atoms with Gasteiger partial charge in [-0.2, -0.15) is 0 Å². The molecule has 6 nitrogen and oxygen atoms in total. The lowest BCUT2D eigenvalue weighted by Crippen LogP contribution is -1.98. The van der Waals surface area contributed by atoms with Crippen LogP contribution in [0.2, 0.25) is 0 Å². The number of aromatic carboxylic acids is 1. The lowest BCUT2D eigenvalue weighted by molar-refractivity contribution is 0.0693. The van der Waals surface area contributed by atoms with E-state index in [0.717, 1.165) is 3.57 Å². The largest absolute Gasteiger partial charge is 0.506 e. The number of rotatable bonds is 1. The molecule has 18 heavy (non-hydrogen) atoms. The molecular formula is C7H10Al3I2O6. The number of carboxylic acid groups (broad SMARTS) is 1. The second-order valence-corrected chi connectivity index (χ2v) is 4.50. The zero-order chi connectivity index (χ0) is 9.30. The first-order valence-corrected chi connectivity index (χ1v) is 5.09. The highest BCUT2D eigenvalue weighted by atomic mass is 127. The van der Waals surface area contributed by atoms with Crippen molar-refractivity contribution < 1.29 is 31.4 Å². The molecule has 0 aliphatic rings. The Morgan fingerprint density at radius 1 is 1.00 bits per heavy atom. The number of phenols is 1. The summed E-state index contributed by atoms with van der Waals surface area (Å²) in [6.45, 7) is 0. The monoisotopic (exact) mass is 525 g/mol. The van der Waals surface area contributed by atoms with Crippen molar-refractivity contribution in [3.05, 3.63) is 24.8 Å². The number of halogens is 2.